The zero-order chi connectivity index (χ0) is 13.2. The first-order valence-electron chi connectivity index (χ1n) is 6.50. The van der Waals surface area contributed by atoms with Crippen LogP contribution in [-0.4, -0.2) is 17.5 Å². The number of nitrogens with one attached hydrogen (secondary N) is 1. The van der Waals surface area contributed by atoms with E-state index in [4.69, 9.17) is 0 Å². The summed E-state index contributed by atoms with van der Waals surface area (Å²) in [5.74, 6) is 1.86. The number of anilines is 1. The summed E-state index contributed by atoms with van der Waals surface area (Å²) in [5, 5.41) is 4.45. The molecule has 0 spiro atoms. The van der Waals surface area contributed by atoms with Gasteiger partial charge >= 0.3 is 0 Å². The summed E-state index contributed by atoms with van der Waals surface area (Å²) in [7, 11) is 0. The molecule has 1 aromatic carbocycles. The Bertz CT molecular complexity index is 429. The summed E-state index contributed by atoms with van der Waals surface area (Å²) >= 11 is 1.81. The Morgan fingerprint density at radius 1 is 1.22 bits per heavy atom. The highest BCUT2D eigenvalue weighted by Gasteiger charge is 2.14. The first-order valence-corrected chi connectivity index (χ1v) is 7.48. The fourth-order valence-corrected chi connectivity index (χ4v) is 2.71. The average Bonchev–Trinajstić information content (AvgIpc) is 2.32. The van der Waals surface area contributed by atoms with Crippen LogP contribution in [0, 0.1) is 5.92 Å². The summed E-state index contributed by atoms with van der Waals surface area (Å²) in [6, 6.07) is 8.67. The Labute approximate surface area is 114 Å². The molecule has 18 heavy (non-hydrogen) atoms. The van der Waals surface area contributed by atoms with Crippen molar-refractivity contribution >= 4 is 22.6 Å². The molecule has 1 aliphatic rings. The Kier molecular flexibility index (Phi) is 4.00. The van der Waals surface area contributed by atoms with Gasteiger partial charge < -0.3 is 5.32 Å². The van der Waals surface area contributed by atoms with E-state index < -0.39 is 0 Å². The van der Waals surface area contributed by atoms with Crippen LogP contribution in [0.4, 0.5) is 5.69 Å². The molecular formula is C15H22N2S. The lowest BCUT2D eigenvalue weighted by Crippen LogP contribution is -2.19. The molecule has 0 aromatic heterocycles. The fourth-order valence-electron chi connectivity index (χ4n) is 1.81. The topological polar surface area (TPSA) is 24.4 Å². The molecule has 1 aromatic rings. The lowest BCUT2D eigenvalue weighted by atomic mass is 9.87. The van der Waals surface area contributed by atoms with E-state index >= 15 is 0 Å². The molecule has 1 N–H and O–H groups in total. The molecule has 1 aliphatic heterocycles. The van der Waals surface area contributed by atoms with Crippen LogP contribution in [0.1, 0.15) is 33.3 Å². The minimum atomic E-state index is 0.213. The van der Waals surface area contributed by atoms with Gasteiger partial charge in [-0.1, -0.05) is 51.6 Å². The van der Waals surface area contributed by atoms with Crippen molar-refractivity contribution in [3.63, 3.8) is 0 Å². The molecule has 1 unspecified atom stereocenters. The van der Waals surface area contributed by atoms with E-state index in [-0.39, 0.29) is 5.41 Å². The molecular weight excluding hydrogens is 240 g/mol. The van der Waals surface area contributed by atoms with Crippen molar-refractivity contribution in [3.05, 3.63) is 29.8 Å². The van der Waals surface area contributed by atoms with Crippen LogP contribution < -0.4 is 5.32 Å². The first kappa shape index (κ1) is 13.5. The lowest BCUT2D eigenvalue weighted by molar-refractivity contribution is 0.590. The second kappa shape index (κ2) is 5.35. The Hall–Kier alpha value is -0.960. The van der Waals surface area contributed by atoms with Crippen LogP contribution in [0.25, 0.3) is 0 Å². The maximum Gasteiger partial charge on any atom is 0.161 e. The number of rotatable bonds is 1. The van der Waals surface area contributed by atoms with E-state index in [1.165, 1.54) is 5.56 Å². The largest absolute Gasteiger partial charge is 0.335 e. The van der Waals surface area contributed by atoms with Crippen LogP contribution in [0.2, 0.25) is 0 Å². The third-order valence-electron chi connectivity index (χ3n) is 3.05. The molecule has 0 fully saturated rings. The van der Waals surface area contributed by atoms with Gasteiger partial charge in [-0.2, -0.15) is 0 Å². The molecule has 98 valence electrons. The molecule has 2 nitrogen and oxygen atoms in total. The van der Waals surface area contributed by atoms with Gasteiger partial charge in [-0.3, -0.25) is 4.99 Å². The summed E-state index contributed by atoms with van der Waals surface area (Å²) in [5.41, 5.74) is 2.70. The molecule has 0 bridgehead atoms. The third kappa shape index (κ3) is 3.52. The maximum absolute atomic E-state index is 4.55. The standard InChI is InChI=1S/C15H22N2S/c1-11-9-16-14(18-10-11)17-13-7-5-12(6-8-13)15(2,3)4/h5-8,11H,9-10H2,1-4H3,(H,16,17). The second-order valence-corrected chi connectivity index (χ2v) is 7.02. The molecule has 3 heteroatoms. The third-order valence-corrected chi connectivity index (χ3v) is 4.29. The number of thioether (sulfide) groups is 1. The average molecular weight is 262 g/mol. The molecule has 0 aliphatic carbocycles. The van der Waals surface area contributed by atoms with Gasteiger partial charge in [0.15, 0.2) is 5.17 Å². The lowest BCUT2D eigenvalue weighted by Gasteiger charge is -2.20. The van der Waals surface area contributed by atoms with E-state index in [9.17, 15) is 0 Å². The van der Waals surface area contributed by atoms with Crippen molar-refractivity contribution in [2.75, 3.05) is 17.6 Å². The quantitative estimate of drug-likeness (QED) is 0.822. The maximum atomic E-state index is 4.55. The van der Waals surface area contributed by atoms with Crippen LogP contribution >= 0.6 is 11.8 Å². The van der Waals surface area contributed by atoms with Crippen LogP contribution in [-0.2, 0) is 5.41 Å². The highest BCUT2D eigenvalue weighted by Crippen LogP contribution is 2.24. The summed E-state index contributed by atoms with van der Waals surface area (Å²) in [6.45, 7) is 9.88. The molecule has 0 amide bonds. The molecule has 0 radical (unpaired) electrons. The Balaban J connectivity index is 2.03. The monoisotopic (exact) mass is 262 g/mol. The SMILES string of the molecule is CC1CN=C(Nc2ccc(C(C)(C)C)cc2)SC1. The normalized spacial score (nSPS) is 20.4. The van der Waals surface area contributed by atoms with Gasteiger partial charge in [0.25, 0.3) is 0 Å². The Morgan fingerprint density at radius 3 is 2.39 bits per heavy atom. The van der Waals surface area contributed by atoms with E-state index in [1.54, 1.807) is 0 Å². The number of nitrogens with zero attached hydrogens (tertiary/aromatic N) is 1. The predicted octanol–water partition coefficient (Wildman–Crippen LogP) is 4.13. The van der Waals surface area contributed by atoms with Gasteiger partial charge in [-0.05, 0) is 29.0 Å². The smallest absolute Gasteiger partial charge is 0.161 e. The van der Waals surface area contributed by atoms with Crippen molar-refractivity contribution in [2.45, 2.75) is 33.1 Å². The first-order chi connectivity index (χ1) is 8.45. The minimum Gasteiger partial charge on any atom is -0.335 e. The zero-order valence-electron chi connectivity index (χ0n) is 11.7. The number of aliphatic imine (C=N–C) groups is 1. The van der Waals surface area contributed by atoms with Crippen LogP contribution in [0.3, 0.4) is 0 Å². The highest BCUT2D eigenvalue weighted by molar-refractivity contribution is 8.14. The van der Waals surface area contributed by atoms with Gasteiger partial charge in [-0.15, -0.1) is 0 Å². The summed E-state index contributed by atoms with van der Waals surface area (Å²) in [6.07, 6.45) is 0. The van der Waals surface area contributed by atoms with Crippen molar-refractivity contribution in [2.24, 2.45) is 10.9 Å². The fraction of sp³-hybridized carbons (Fsp3) is 0.533. The van der Waals surface area contributed by atoms with E-state index in [2.05, 4.69) is 62.3 Å². The van der Waals surface area contributed by atoms with Crippen molar-refractivity contribution in [1.29, 1.82) is 0 Å². The van der Waals surface area contributed by atoms with E-state index in [0.29, 0.717) is 5.92 Å². The number of amidine groups is 1. The molecule has 0 saturated carbocycles. The number of benzene rings is 1. The predicted molar refractivity (Wildman–Crippen MR) is 82.7 cm³/mol. The summed E-state index contributed by atoms with van der Waals surface area (Å²) in [4.78, 5) is 4.55. The molecule has 2 rings (SSSR count). The number of hydrogen-bond donors (Lipinski definition) is 1. The Morgan fingerprint density at radius 2 is 1.89 bits per heavy atom. The van der Waals surface area contributed by atoms with E-state index in [0.717, 1.165) is 23.2 Å². The molecule has 1 heterocycles. The van der Waals surface area contributed by atoms with Gasteiger partial charge in [0.05, 0.1) is 0 Å². The molecule has 0 saturated heterocycles. The zero-order valence-corrected chi connectivity index (χ0v) is 12.5. The van der Waals surface area contributed by atoms with Crippen molar-refractivity contribution in [1.82, 2.24) is 0 Å². The van der Waals surface area contributed by atoms with Gasteiger partial charge in [0.1, 0.15) is 0 Å². The summed E-state index contributed by atoms with van der Waals surface area (Å²) < 4.78 is 0. The van der Waals surface area contributed by atoms with Gasteiger partial charge in [0.2, 0.25) is 0 Å². The van der Waals surface area contributed by atoms with Crippen molar-refractivity contribution < 1.29 is 0 Å². The van der Waals surface area contributed by atoms with Gasteiger partial charge in [-0.25, -0.2) is 0 Å². The highest BCUT2D eigenvalue weighted by atomic mass is 32.2. The van der Waals surface area contributed by atoms with Gasteiger partial charge in [0, 0.05) is 18.0 Å². The minimum absolute atomic E-state index is 0.213. The van der Waals surface area contributed by atoms with Crippen LogP contribution in [0.15, 0.2) is 29.3 Å². The second-order valence-electron chi connectivity index (χ2n) is 6.01. The molecule has 1 atom stereocenters. The van der Waals surface area contributed by atoms with Crippen LogP contribution in [0.5, 0.6) is 0 Å². The number of hydrogen-bond acceptors (Lipinski definition) is 3. The van der Waals surface area contributed by atoms with Crippen molar-refractivity contribution in [3.8, 4) is 0 Å². The van der Waals surface area contributed by atoms with E-state index in [1.807, 2.05) is 11.8 Å².